The smallest absolute Gasteiger partial charge is 0.255 e. The van der Waals surface area contributed by atoms with Gasteiger partial charge in [0.05, 0.1) is 17.2 Å². The van der Waals surface area contributed by atoms with Gasteiger partial charge in [0.25, 0.3) is 5.91 Å². The molecule has 5 heteroatoms. The molecule has 120 valence electrons. The zero-order valence-corrected chi connectivity index (χ0v) is 13.4. The monoisotopic (exact) mass is 303 g/mol. The van der Waals surface area contributed by atoms with E-state index >= 15 is 0 Å². The number of nitrogens with zero attached hydrogens (tertiary/aromatic N) is 1. The second-order valence-corrected chi connectivity index (χ2v) is 5.56. The summed E-state index contributed by atoms with van der Waals surface area (Å²) in [6, 6.07) is 7.24. The molecule has 0 spiro atoms. The summed E-state index contributed by atoms with van der Waals surface area (Å²) in [5, 5.41) is 6.18. The van der Waals surface area contributed by atoms with Gasteiger partial charge >= 0.3 is 0 Å². The fourth-order valence-electron chi connectivity index (χ4n) is 2.77. The minimum atomic E-state index is -0.0392. The van der Waals surface area contributed by atoms with Gasteiger partial charge in [0, 0.05) is 19.6 Å². The molecule has 0 saturated carbocycles. The number of para-hydroxylation sites is 1. The minimum absolute atomic E-state index is 0.00741. The fraction of sp³-hybridized carbons (Fsp3) is 0.529. The van der Waals surface area contributed by atoms with Crippen LogP contribution in [0.2, 0.25) is 0 Å². The largest absolute Gasteiger partial charge is 0.339 e. The van der Waals surface area contributed by atoms with Crippen molar-refractivity contribution in [1.82, 2.24) is 10.2 Å². The molecule has 1 atom stereocenters. The van der Waals surface area contributed by atoms with Gasteiger partial charge in [0.15, 0.2) is 0 Å². The molecule has 1 aromatic rings. The normalized spacial score (nSPS) is 17.8. The van der Waals surface area contributed by atoms with Crippen LogP contribution in [0.15, 0.2) is 24.3 Å². The lowest BCUT2D eigenvalue weighted by Crippen LogP contribution is -2.37. The first kappa shape index (κ1) is 16.5. The SMILES string of the molecule is CCN(CC)C(=O)c1ccccc1NC(=O)C1CCCNC1. The number of carbonyl (C=O) groups excluding carboxylic acids is 2. The minimum Gasteiger partial charge on any atom is -0.339 e. The molecule has 22 heavy (non-hydrogen) atoms. The Morgan fingerprint density at radius 2 is 2.00 bits per heavy atom. The maximum absolute atomic E-state index is 12.5. The molecule has 1 aliphatic heterocycles. The Balaban J connectivity index is 2.14. The standard InChI is InChI=1S/C17H25N3O2/c1-3-20(4-2)17(22)14-9-5-6-10-15(14)19-16(21)13-8-7-11-18-12-13/h5-6,9-10,13,18H,3-4,7-8,11-12H2,1-2H3,(H,19,21). The highest BCUT2D eigenvalue weighted by molar-refractivity contribution is 6.04. The molecule has 1 saturated heterocycles. The first-order chi connectivity index (χ1) is 10.7. The summed E-state index contributed by atoms with van der Waals surface area (Å²) in [5.74, 6) is -0.0694. The third-order valence-electron chi connectivity index (χ3n) is 4.13. The third-order valence-corrected chi connectivity index (χ3v) is 4.13. The summed E-state index contributed by atoms with van der Waals surface area (Å²) in [4.78, 5) is 26.7. The van der Waals surface area contributed by atoms with Crippen molar-refractivity contribution in [2.45, 2.75) is 26.7 Å². The van der Waals surface area contributed by atoms with Crippen LogP contribution in [-0.2, 0) is 4.79 Å². The van der Waals surface area contributed by atoms with E-state index in [4.69, 9.17) is 0 Å². The molecule has 5 nitrogen and oxygen atoms in total. The highest BCUT2D eigenvalue weighted by Crippen LogP contribution is 2.20. The van der Waals surface area contributed by atoms with E-state index in [0.29, 0.717) is 30.9 Å². The molecule has 1 heterocycles. The quantitative estimate of drug-likeness (QED) is 0.876. The van der Waals surface area contributed by atoms with Crippen LogP contribution in [-0.4, -0.2) is 42.9 Å². The van der Waals surface area contributed by atoms with Crippen LogP contribution in [0.5, 0.6) is 0 Å². The summed E-state index contributed by atoms with van der Waals surface area (Å²) in [6.07, 6.45) is 1.91. The molecule has 2 amide bonds. The Morgan fingerprint density at radius 3 is 2.64 bits per heavy atom. The van der Waals surface area contributed by atoms with E-state index < -0.39 is 0 Å². The topological polar surface area (TPSA) is 61.4 Å². The van der Waals surface area contributed by atoms with Gasteiger partial charge in [-0.3, -0.25) is 9.59 Å². The highest BCUT2D eigenvalue weighted by atomic mass is 16.2. The van der Waals surface area contributed by atoms with Crippen LogP contribution < -0.4 is 10.6 Å². The number of piperidine rings is 1. The maximum atomic E-state index is 12.5. The first-order valence-corrected chi connectivity index (χ1v) is 8.07. The fourth-order valence-corrected chi connectivity index (χ4v) is 2.77. The van der Waals surface area contributed by atoms with Crippen LogP contribution in [0.1, 0.15) is 37.0 Å². The number of hydrogen-bond donors (Lipinski definition) is 2. The highest BCUT2D eigenvalue weighted by Gasteiger charge is 2.23. The predicted octanol–water partition coefficient (Wildman–Crippen LogP) is 2.11. The Labute approximate surface area is 132 Å². The molecule has 0 radical (unpaired) electrons. The molecule has 0 aliphatic carbocycles. The van der Waals surface area contributed by atoms with Crippen molar-refractivity contribution in [3.05, 3.63) is 29.8 Å². The van der Waals surface area contributed by atoms with Gasteiger partial charge in [0.1, 0.15) is 0 Å². The van der Waals surface area contributed by atoms with Crippen molar-refractivity contribution in [2.24, 2.45) is 5.92 Å². The van der Waals surface area contributed by atoms with Crippen molar-refractivity contribution < 1.29 is 9.59 Å². The number of hydrogen-bond acceptors (Lipinski definition) is 3. The van der Waals surface area contributed by atoms with Gasteiger partial charge in [-0.05, 0) is 45.4 Å². The second kappa shape index (κ2) is 7.94. The lowest BCUT2D eigenvalue weighted by Gasteiger charge is -2.24. The lowest BCUT2D eigenvalue weighted by molar-refractivity contribution is -0.120. The Morgan fingerprint density at radius 1 is 1.27 bits per heavy atom. The van der Waals surface area contributed by atoms with Crippen LogP contribution in [0.4, 0.5) is 5.69 Å². The maximum Gasteiger partial charge on any atom is 0.255 e. The molecule has 1 unspecified atom stereocenters. The summed E-state index contributed by atoms with van der Waals surface area (Å²) < 4.78 is 0. The number of benzene rings is 1. The van der Waals surface area contributed by atoms with Crippen LogP contribution >= 0.6 is 0 Å². The molecular formula is C17H25N3O2. The summed E-state index contributed by atoms with van der Waals surface area (Å²) in [6.45, 7) is 6.90. The number of carbonyl (C=O) groups is 2. The summed E-state index contributed by atoms with van der Waals surface area (Å²) >= 11 is 0. The van der Waals surface area contributed by atoms with E-state index in [2.05, 4.69) is 10.6 Å². The van der Waals surface area contributed by atoms with Crippen molar-refractivity contribution in [1.29, 1.82) is 0 Å². The molecular weight excluding hydrogens is 278 g/mol. The molecule has 1 aromatic carbocycles. The van der Waals surface area contributed by atoms with Gasteiger partial charge in [0.2, 0.25) is 5.91 Å². The molecule has 0 bridgehead atoms. The molecule has 1 aliphatic rings. The van der Waals surface area contributed by atoms with Gasteiger partial charge in [-0.2, -0.15) is 0 Å². The van der Waals surface area contributed by atoms with Crippen molar-refractivity contribution in [3.8, 4) is 0 Å². The molecule has 0 aromatic heterocycles. The molecule has 2 N–H and O–H groups in total. The summed E-state index contributed by atoms with van der Waals surface area (Å²) in [7, 11) is 0. The van der Waals surface area contributed by atoms with Crippen LogP contribution in [0.3, 0.4) is 0 Å². The van der Waals surface area contributed by atoms with Crippen molar-refractivity contribution in [2.75, 3.05) is 31.5 Å². The average molecular weight is 303 g/mol. The van der Waals surface area contributed by atoms with Crippen molar-refractivity contribution >= 4 is 17.5 Å². The van der Waals surface area contributed by atoms with E-state index in [9.17, 15) is 9.59 Å². The Kier molecular flexibility index (Phi) is 5.95. The van der Waals surface area contributed by atoms with Crippen LogP contribution in [0.25, 0.3) is 0 Å². The predicted molar refractivity (Wildman–Crippen MR) is 87.9 cm³/mol. The molecule has 1 fully saturated rings. The lowest BCUT2D eigenvalue weighted by atomic mass is 9.98. The number of rotatable bonds is 5. The number of anilines is 1. The van der Waals surface area contributed by atoms with Gasteiger partial charge in [-0.1, -0.05) is 12.1 Å². The van der Waals surface area contributed by atoms with Crippen LogP contribution in [0, 0.1) is 5.92 Å². The third kappa shape index (κ3) is 3.85. The van der Waals surface area contributed by atoms with E-state index in [1.165, 1.54) is 0 Å². The number of amides is 2. The van der Waals surface area contributed by atoms with E-state index in [1.807, 2.05) is 26.0 Å². The van der Waals surface area contributed by atoms with Gasteiger partial charge in [-0.25, -0.2) is 0 Å². The van der Waals surface area contributed by atoms with E-state index in [1.54, 1.807) is 17.0 Å². The first-order valence-electron chi connectivity index (χ1n) is 8.07. The van der Waals surface area contributed by atoms with Gasteiger partial charge < -0.3 is 15.5 Å². The molecule has 2 rings (SSSR count). The summed E-state index contributed by atoms with van der Waals surface area (Å²) in [5.41, 5.74) is 1.17. The zero-order chi connectivity index (χ0) is 15.9. The Hall–Kier alpha value is -1.88. The second-order valence-electron chi connectivity index (χ2n) is 5.56. The Bertz CT molecular complexity index is 520. The van der Waals surface area contributed by atoms with E-state index in [0.717, 1.165) is 19.4 Å². The number of nitrogens with one attached hydrogen (secondary N) is 2. The van der Waals surface area contributed by atoms with Crippen molar-refractivity contribution in [3.63, 3.8) is 0 Å². The zero-order valence-electron chi connectivity index (χ0n) is 13.4. The van der Waals surface area contributed by atoms with Gasteiger partial charge in [-0.15, -0.1) is 0 Å². The van der Waals surface area contributed by atoms with E-state index in [-0.39, 0.29) is 17.7 Å². The average Bonchev–Trinajstić information content (AvgIpc) is 2.57.